The lowest BCUT2D eigenvalue weighted by Gasteiger charge is -2.22. The molecule has 0 spiro atoms. The van der Waals surface area contributed by atoms with Gasteiger partial charge in [0.05, 0.1) is 11.8 Å². The smallest absolute Gasteiger partial charge is 0.150 e. The molecule has 1 unspecified atom stereocenters. The summed E-state index contributed by atoms with van der Waals surface area (Å²) in [7, 11) is 0. The maximum Gasteiger partial charge on any atom is 0.150 e. The maximum atomic E-state index is 5.71. The number of ether oxygens (including phenoxy) is 1. The minimum atomic E-state index is 0.0642. The van der Waals surface area contributed by atoms with Gasteiger partial charge in [-0.2, -0.15) is 5.10 Å². The summed E-state index contributed by atoms with van der Waals surface area (Å²) in [4.78, 5) is 0. The summed E-state index contributed by atoms with van der Waals surface area (Å²) in [5.41, 5.74) is 1.86. The van der Waals surface area contributed by atoms with Gasteiger partial charge >= 0.3 is 0 Å². The van der Waals surface area contributed by atoms with Crippen LogP contribution in [0.1, 0.15) is 36.6 Å². The zero-order chi connectivity index (χ0) is 14.7. The molecule has 1 aromatic carbocycles. The van der Waals surface area contributed by atoms with E-state index < -0.39 is 0 Å². The normalized spacial score (nSPS) is 18.1. The van der Waals surface area contributed by atoms with E-state index in [0.717, 1.165) is 39.5 Å². The first-order valence-corrected chi connectivity index (χ1v) is 8.43. The Morgan fingerprint density at radius 2 is 1.86 bits per heavy atom. The van der Waals surface area contributed by atoms with Crippen LogP contribution in [0.3, 0.4) is 0 Å². The highest BCUT2D eigenvalue weighted by Crippen LogP contribution is 2.22. The van der Waals surface area contributed by atoms with Crippen molar-refractivity contribution < 1.29 is 4.74 Å². The van der Waals surface area contributed by atoms with Crippen molar-refractivity contribution in [3.63, 3.8) is 0 Å². The molecule has 1 fully saturated rings. The molecule has 108 valence electrons. The third-order valence-corrected chi connectivity index (χ3v) is 4.18. The molecule has 2 aromatic rings. The molecule has 0 amide bonds. The third kappa shape index (κ3) is 3.97. The molecule has 1 aliphatic rings. The molecule has 0 N–H and O–H groups in total. The topological polar surface area (TPSA) is 27.1 Å². The number of nitrogens with zero attached hydrogens (tertiary/aromatic N) is 2. The Hall–Kier alpha value is -1.09. The standard InChI is InChI=1S/C16H14Br2N2O/c17-14-7-12(8-15(18)9-14)4-5-13-10-19-20(11-13)16-3-1-2-6-21-16/h7-11,16H,1-3,6H2. The van der Waals surface area contributed by atoms with Crippen molar-refractivity contribution in [3.05, 3.63) is 50.7 Å². The van der Waals surface area contributed by atoms with E-state index in [1.165, 1.54) is 6.42 Å². The number of halogens is 2. The fourth-order valence-corrected chi connectivity index (χ4v) is 3.56. The number of aromatic nitrogens is 2. The fraction of sp³-hybridized carbons (Fsp3) is 0.312. The molecular formula is C16H14Br2N2O. The van der Waals surface area contributed by atoms with Crippen molar-refractivity contribution in [2.75, 3.05) is 6.61 Å². The molecule has 3 rings (SSSR count). The summed E-state index contributed by atoms with van der Waals surface area (Å²) in [5, 5.41) is 4.36. The lowest BCUT2D eigenvalue weighted by Crippen LogP contribution is -2.18. The summed E-state index contributed by atoms with van der Waals surface area (Å²) in [6.07, 6.45) is 7.16. The molecule has 5 heteroatoms. The number of hydrogen-bond acceptors (Lipinski definition) is 2. The van der Waals surface area contributed by atoms with Crippen LogP contribution in [0, 0.1) is 11.8 Å². The summed E-state index contributed by atoms with van der Waals surface area (Å²) >= 11 is 6.93. The quantitative estimate of drug-likeness (QED) is 0.648. The second kappa shape index (κ2) is 6.78. The monoisotopic (exact) mass is 408 g/mol. The lowest BCUT2D eigenvalue weighted by molar-refractivity contribution is -0.0395. The number of hydrogen-bond donors (Lipinski definition) is 0. The van der Waals surface area contributed by atoms with Crippen molar-refractivity contribution in [2.24, 2.45) is 0 Å². The van der Waals surface area contributed by atoms with Crippen LogP contribution in [-0.4, -0.2) is 16.4 Å². The summed E-state index contributed by atoms with van der Waals surface area (Å²) in [6.45, 7) is 0.817. The first-order valence-electron chi connectivity index (χ1n) is 6.84. The average Bonchev–Trinajstić information content (AvgIpc) is 2.94. The minimum absolute atomic E-state index is 0.0642. The van der Waals surface area contributed by atoms with Gasteiger partial charge in [0, 0.05) is 27.3 Å². The van der Waals surface area contributed by atoms with Gasteiger partial charge in [0.25, 0.3) is 0 Å². The van der Waals surface area contributed by atoms with E-state index in [1.54, 1.807) is 6.20 Å². The Morgan fingerprint density at radius 3 is 2.57 bits per heavy atom. The van der Waals surface area contributed by atoms with Gasteiger partial charge in [-0.05, 0) is 37.5 Å². The summed E-state index contributed by atoms with van der Waals surface area (Å²) in [6, 6.07) is 5.97. The van der Waals surface area contributed by atoms with Crippen LogP contribution in [0.4, 0.5) is 0 Å². The fourth-order valence-electron chi connectivity index (χ4n) is 2.26. The van der Waals surface area contributed by atoms with Gasteiger partial charge in [-0.1, -0.05) is 43.7 Å². The first-order chi connectivity index (χ1) is 10.2. The van der Waals surface area contributed by atoms with E-state index in [-0.39, 0.29) is 6.23 Å². The zero-order valence-corrected chi connectivity index (χ0v) is 14.5. The predicted molar refractivity (Wildman–Crippen MR) is 88.9 cm³/mol. The second-order valence-corrected chi connectivity index (χ2v) is 6.77. The van der Waals surface area contributed by atoms with Gasteiger partial charge in [0.2, 0.25) is 0 Å². The molecule has 2 heterocycles. The van der Waals surface area contributed by atoms with Crippen LogP contribution in [-0.2, 0) is 4.74 Å². The van der Waals surface area contributed by atoms with Crippen molar-refractivity contribution >= 4 is 31.9 Å². The van der Waals surface area contributed by atoms with Crippen LogP contribution >= 0.6 is 31.9 Å². The molecule has 1 aliphatic heterocycles. The van der Waals surface area contributed by atoms with Gasteiger partial charge in [0.1, 0.15) is 6.23 Å². The molecule has 0 saturated carbocycles. The largest absolute Gasteiger partial charge is 0.357 e. The van der Waals surface area contributed by atoms with Crippen molar-refractivity contribution in [1.29, 1.82) is 0 Å². The number of rotatable bonds is 1. The lowest BCUT2D eigenvalue weighted by atomic mass is 10.2. The predicted octanol–water partition coefficient (Wildman–Crippen LogP) is 4.51. The summed E-state index contributed by atoms with van der Waals surface area (Å²) < 4.78 is 9.60. The molecule has 1 aromatic heterocycles. The SMILES string of the molecule is Brc1cc(Br)cc(C#Cc2cnn(C3CCCCO3)c2)c1. The minimum Gasteiger partial charge on any atom is -0.357 e. The summed E-state index contributed by atoms with van der Waals surface area (Å²) in [5.74, 6) is 6.30. The number of benzene rings is 1. The van der Waals surface area contributed by atoms with E-state index in [2.05, 4.69) is 48.8 Å². The Balaban J connectivity index is 1.76. The third-order valence-electron chi connectivity index (χ3n) is 3.27. The van der Waals surface area contributed by atoms with Crippen LogP contribution in [0.5, 0.6) is 0 Å². The Kier molecular flexibility index (Phi) is 4.79. The van der Waals surface area contributed by atoms with Gasteiger partial charge in [-0.25, -0.2) is 4.68 Å². The molecular weight excluding hydrogens is 396 g/mol. The van der Waals surface area contributed by atoms with E-state index in [4.69, 9.17) is 4.74 Å². The highest BCUT2D eigenvalue weighted by molar-refractivity contribution is 9.11. The van der Waals surface area contributed by atoms with Crippen LogP contribution in [0.25, 0.3) is 0 Å². The van der Waals surface area contributed by atoms with Crippen molar-refractivity contribution in [2.45, 2.75) is 25.5 Å². The van der Waals surface area contributed by atoms with Crippen molar-refractivity contribution in [1.82, 2.24) is 9.78 Å². The molecule has 0 bridgehead atoms. The highest BCUT2D eigenvalue weighted by atomic mass is 79.9. The van der Waals surface area contributed by atoms with Crippen LogP contribution < -0.4 is 0 Å². The maximum absolute atomic E-state index is 5.71. The average molecular weight is 410 g/mol. The molecule has 1 atom stereocenters. The molecule has 0 radical (unpaired) electrons. The van der Waals surface area contributed by atoms with Crippen LogP contribution in [0.2, 0.25) is 0 Å². The Bertz CT molecular complexity index is 674. The van der Waals surface area contributed by atoms with Gasteiger partial charge in [-0.15, -0.1) is 0 Å². The molecule has 1 saturated heterocycles. The molecule has 0 aliphatic carbocycles. The molecule has 3 nitrogen and oxygen atoms in total. The second-order valence-electron chi connectivity index (χ2n) is 4.94. The van der Waals surface area contributed by atoms with Gasteiger partial charge in [0.15, 0.2) is 0 Å². The van der Waals surface area contributed by atoms with Gasteiger partial charge < -0.3 is 4.74 Å². The van der Waals surface area contributed by atoms with E-state index in [0.29, 0.717) is 0 Å². The van der Waals surface area contributed by atoms with Crippen LogP contribution in [0.15, 0.2) is 39.5 Å². The van der Waals surface area contributed by atoms with Gasteiger partial charge in [-0.3, -0.25) is 0 Å². The Labute approximate surface area is 140 Å². The van der Waals surface area contributed by atoms with Crippen molar-refractivity contribution in [3.8, 4) is 11.8 Å². The van der Waals surface area contributed by atoms with E-state index >= 15 is 0 Å². The zero-order valence-electron chi connectivity index (χ0n) is 11.4. The molecule has 21 heavy (non-hydrogen) atoms. The first kappa shape index (κ1) is 14.8. The van der Waals surface area contributed by atoms with E-state index in [9.17, 15) is 0 Å². The van der Waals surface area contributed by atoms with E-state index in [1.807, 2.05) is 29.1 Å². The highest BCUT2D eigenvalue weighted by Gasteiger charge is 2.15. The Morgan fingerprint density at radius 1 is 1.10 bits per heavy atom.